The van der Waals surface area contributed by atoms with Crippen molar-refractivity contribution in [2.45, 2.75) is 0 Å². The first-order valence-corrected chi connectivity index (χ1v) is 5.51. The molecule has 0 bridgehead atoms. The third kappa shape index (κ3) is 2.70. The van der Waals surface area contributed by atoms with E-state index in [4.69, 9.17) is 0 Å². The summed E-state index contributed by atoms with van der Waals surface area (Å²) < 4.78 is 13.1. The smallest absolute Gasteiger partial charge is 0.240 e. The molecule has 0 spiro atoms. The van der Waals surface area contributed by atoms with E-state index in [0.717, 1.165) is 31.9 Å². The number of hydrogen-bond acceptors (Lipinski definition) is 4. The minimum Gasteiger partial charge on any atom is -0.367 e. The fourth-order valence-electron chi connectivity index (χ4n) is 1.95. The standard InChI is InChI=1S/C12H14FN3O/c1-15-4-6-16(7-5-15)12-3-2-10(13)8-11(12)14-9-17/h2-3,8H,4-7H2,1H3. The van der Waals surface area contributed by atoms with Crippen LogP contribution in [0.25, 0.3) is 0 Å². The molecule has 2 rings (SSSR count). The number of halogens is 1. The van der Waals surface area contributed by atoms with Crippen LogP contribution in [-0.2, 0) is 4.79 Å². The van der Waals surface area contributed by atoms with E-state index in [2.05, 4.69) is 21.8 Å². The zero-order valence-corrected chi connectivity index (χ0v) is 9.69. The van der Waals surface area contributed by atoms with Gasteiger partial charge in [0.15, 0.2) is 0 Å². The maximum absolute atomic E-state index is 13.1. The van der Waals surface area contributed by atoms with Gasteiger partial charge in [0.2, 0.25) is 6.08 Å². The van der Waals surface area contributed by atoms with Gasteiger partial charge in [-0.1, -0.05) is 0 Å². The molecule has 5 heteroatoms. The Labute approximate surface area is 99.4 Å². The molecule has 0 N–H and O–H groups in total. The van der Waals surface area contributed by atoms with Gasteiger partial charge in [0.25, 0.3) is 0 Å². The molecular formula is C12H14FN3O. The van der Waals surface area contributed by atoms with E-state index >= 15 is 0 Å². The van der Waals surface area contributed by atoms with Gasteiger partial charge in [-0.2, -0.15) is 4.99 Å². The molecule has 0 amide bonds. The first-order valence-electron chi connectivity index (χ1n) is 5.51. The monoisotopic (exact) mass is 235 g/mol. The quantitative estimate of drug-likeness (QED) is 0.576. The number of carbonyl (C=O) groups excluding carboxylic acids is 1. The molecule has 1 aliphatic rings. The van der Waals surface area contributed by atoms with Crippen LogP contribution in [0.1, 0.15) is 0 Å². The lowest BCUT2D eigenvalue weighted by molar-refractivity contribution is 0.313. The number of piperazine rings is 1. The van der Waals surface area contributed by atoms with Crippen molar-refractivity contribution in [2.75, 3.05) is 38.1 Å². The van der Waals surface area contributed by atoms with Gasteiger partial charge in [-0.15, -0.1) is 0 Å². The topological polar surface area (TPSA) is 35.9 Å². The van der Waals surface area contributed by atoms with Gasteiger partial charge >= 0.3 is 0 Å². The molecule has 1 aliphatic heterocycles. The highest BCUT2D eigenvalue weighted by atomic mass is 19.1. The maximum atomic E-state index is 13.1. The Morgan fingerprint density at radius 1 is 1.29 bits per heavy atom. The molecule has 1 fully saturated rings. The number of hydrogen-bond donors (Lipinski definition) is 0. The fourth-order valence-corrected chi connectivity index (χ4v) is 1.95. The average Bonchev–Trinajstić information content (AvgIpc) is 2.31. The van der Waals surface area contributed by atoms with Gasteiger partial charge < -0.3 is 9.80 Å². The van der Waals surface area contributed by atoms with E-state index < -0.39 is 5.82 Å². The third-order valence-corrected chi connectivity index (χ3v) is 2.95. The minimum atomic E-state index is -0.392. The predicted octanol–water partition coefficient (Wildman–Crippen LogP) is 1.54. The molecule has 1 saturated heterocycles. The fraction of sp³-hybridized carbons (Fsp3) is 0.417. The van der Waals surface area contributed by atoms with Crippen LogP contribution in [0.2, 0.25) is 0 Å². The van der Waals surface area contributed by atoms with Crippen LogP contribution >= 0.6 is 0 Å². The normalized spacial score (nSPS) is 16.7. The zero-order valence-electron chi connectivity index (χ0n) is 9.69. The molecule has 0 aliphatic carbocycles. The van der Waals surface area contributed by atoms with E-state index in [1.54, 1.807) is 6.07 Å². The van der Waals surface area contributed by atoms with Crippen molar-refractivity contribution in [3.63, 3.8) is 0 Å². The summed E-state index contributed by atoms with van der Waals surface area (Å²) in [4.78, 5) is 18.2. The van der Waals surface area contributed by atoms with Gasteiger partial charge in [-0.25, -0.2) is 9.18 Å². The summed E-state index contributed by atoms with van der Waals surface area (Å²) in [5, 5.41) is 0. The molecule has 1 aromatic rings. The Morgan fingerprint density at radius 2 is 2.00 bits per heavy atom. The molecule has 1 aromatic carbocycles. The second-order valence-electron chi connectivity index (χ2n) is 4.13. The molecule has 0 unspecified atom stereocenters. The highest BCUT2D eigenvalue weighted by molar-refractivity contribution is 5.69. The van der Waals surface area contributed by atoms with Crippen LogP contribution < -0.4 is 4.90 Å². The molecular weight excluding hydrogens is 221 g/mol. The lowest BCUT2D eigenvalue weighted by Crippen LogP contribution is -2.44. The first kappa shape index (κ1) is 11.8. The van der Waals surface area contributed by atoms with E-state index in [-0.39, 0.29) is 0 Å². The second kappa shape index (κ2) is 5.08. The minimum absolute atomic E-state index is 0.351. The molecule has 17 heavy (non-hydrogen) atoms. The van der Waals surface area contributed by atoms with Crippen LogP contribution in [0.4, 0.5) is 15.8 Å². The zero-order chi connectivity index (χ0) is 12.3. The summed E-state index contributed by atoms with van der Waals surface area (Å²) in [5.74, 6) is -0.392. The number of rotatable bonds is 2. The molecule has 0 aromatic heterocycles. The number of aliphatic imine (C=N–C) groups is 1. The second-order valence-corrected chi connectivity index (χ2v) is 4.13. The molecule has 90 valence electrons. The summed E-state index contributed by atoms with van der Waals surface area (Å²) in [5.41, 5.74) is 1.15. The van der Waals surface area contributed by atoms with Crippen molar-refractivity contribution in [1.82, 2.24) is 4.90 Å². The van der Waals surface area contributed by atoms with Crippen LogP contribution in [0.3, 0.4) is 0 Å². The third-order valence-electron chi connectivity index (χ3n) is 2.95. The number of nitrogens with zero attached hydrogens (tertiary/aromatic N) is 3. The SMILES string of the molecule is CN1CCN(c2ccc(F)cc2N=C=O)CC1. The number of isocyanates is 1. The van der Waals surface area contributed by atoms with Gasteiger partial charge in [0, 0.05) is 32.2 Å². The largest absolute Gasteiger partial charge is 0.367 e. The van der Waals surface area contributed by atoms with E-state index in [0.29, 0.717) is 5.69 Å². The molecule has 0 saturated carbocycles. The van der Waals surface area contributed by atoms with Gasteiger partial charge in [0.1, 0.15) is 11.5 Å². The molecule has 1 heterocycles. The van der Waals surface area contributed by atoms with Gasteiger partial charge in [0.05, 0.1) is 5.69 Å². The molecule has 4 nitrogen and oxygen atoms in total. The predicted molar refractivity (Wildman–Crippen MR) is 63.9 cm³/mol. The van der Waals surface area contributed by atoms with Crippen LogP contribution in [0.15, 0.2) is 23.2 Å². The van der Waals surface area contributed by atoms with Crippen molar-refractivity contribution >= 4 is 17.5 Å². The van der Waals surface area contributed by atoms with Crippen molar-refractivity contribution < 1.29 is 9.18 Å². The summed E-state index contributed by atoms with van der Waals surface area (Å²) >= 11 is 0. The van der Waals surface area contributed by atoms with Gasteiger partial charge in [-0.3, -0.25) is 0 Å². The van der Waals surface area contributed by atoms with Crippen LogP contribution in [0.5, 0.6) is 0 Å². The molecule has 0 atom stereocenters. The van der Waals surface area contributed by atoms with Crippen LogP contribution in [-0.4, -0.2) is 44.2 Å². The van der Waals surface area contributed by atoms with E-state index in [9.17, 15) is 9.18 Å². The lowest BCUT2D eigenvalue weighted by atomic mass is 10.2. The van der Waals surface area contributed by atoms with Crippen molar-refractivity contribution in [3.05, 3.63) is 24.0 Å². The van der Waals surface area contributed by atoms with Gasteiger partial charge in [-0.05, 0) is 19.2 Å². The first-order chi connectivity index (χ1) is 8.20. The van der Waals surface area contributed by atoms with Crippen LogP contribution in [0, 0.1) is 5.82 Å². The van der Waals surface area contributed by atoms with Crippen molar-refractivity contribution in [2.24, 2.45) is 4.99 Å². The Kier molecular flexibility index (Phi) is 3.52. The Balaban J connectivity index is 2.28. The summed E-state index contributed by atoms with van der Waals surface area (Å²) in [7, 11) is 2.06. The number of benzene rings is 1. The summed E-state index contributed by atoms with van der Waals surface area (Å²) in [6.07, 6.45) is 1.47. The Hall–Kier alpha value is -1.71. The average molecular weight is 235 g/mol. The summed E-state index contributed by atoms with van der Waals surface area (Å²) in [6, 6.07) is 4.31. The summed E-state index contributed by atoms with van der Waals surface area (Å²) in [6.45, 7) is 3.59. The van der Waals surface area contributed by atoms with E-state index in [1.807, 2.05) is 0 Å². The number of anilines is 1. The van der Waals surface area contributed by atoms with E-state index in [1.165, 1.54) is 18.2 Å². The Morgan fingerprint density at radius 3 is 2.65 bits per heavy atom. The molecule has 0 radical (unpaired) electrons. The highest BCUT2D eigenvalue weighted by Gasteiger charge is 2.17. The highest BCUT2D eigenvalue weighted by Crippen LogP contribution is 2.29. The Bertz CT molecular complexity index is 449. The lowest BCUT2D eigenvalue weighted by Gasteiger charge is -2.34. The van der Waals surface area contributed by atoms with Crippen molar-refractivity contribution in [3.8, 4) is 0 Å². The van der Waals surface area contributed by atoms with Crippen molar-refractivity contribution in [1.29, 1.82) is 0 Å². The number of likely N-dealkylation sites (N-methyl/N-ethyl adjacent to an activating group) is 1. The maximum Gasteiger partial charge on any atom is 0.240 e.